The van der Waals surface area contributed by atoms with Gasteiger partial charge in [0.2, 0.25) is 0 Å². The van der Waals surface area contributed by atoms with E-state index in [4.69, 9.17) is 11.2 Å². The van der Waals surface area contributed by atoms with Gasteiger partial charge in [0.15, 0.2) is 0 Å². The predicted octanol–water partition coefficient (Wildman–Crippen LogP) is 3.74. The summed E-state index contributed by atoms with van der Waals surface area (Å²) in [5.41, 5.74) is 1.23. The van der Waals surface area contributed by atoms with Crippen LogP contribution in [0.3, 0.4) is 0 Å². The second-order valence-corrected chi connectivity index (χ2v) is 4.70. The Kier molecular flexibility index (Phi) is 5.46. The fourth-order valence-electron chi connectivity index (χ4n) is 2.24. The summed E-state index contributed by atoms with van der Waals surface area (Å²) >= 11 is 0. The third kappa shape index (κ3) is 3.53. The lowest BCUT2D eigenvalue weighted by molar-refractivity contribution is 0.309. The second kappa shape index (κ2) is 7.57. The molecule has 0 fully saturated rings. The Morgan fingerprint density at radius 1 is 1.20 bits per heavy atom. The van der Waals surface area contributed by atoms with Crippen molar-refractivity contribution in [3.63, 3.8) is 0 Å². The average Bonchev–Trinajstić information content (AvgIpc) is 2.50. The number of unbranched alkanes of at least 4 members (excludes halogenated alkanes) is 1. The number of hydrogen-bond acceptors (Lipinski definition) is 2. The van der Waals surface area contributed by atoms with Gasteiger partial charge in [0, 0.05) is 18.5 Å². The van der Waals surface area contributed by atoms with Crippen molar-refractivity contribution in [1.82, 2.24) is 5.32 Å². The molecule has 0 aromatic heterocycles. The van der Waals surface area contributed by atoms with E-state index in [9.17, 15) is 0 Å². The van der Waals surface area contributed by atoms with Crippen LogP contribution in [0, 0.1) is 12.3 Å². The maximum Gasteiger partial charge on any atom is 0.124 e. The molecule has 0 saturated carbocycles. The van der Waals surface area contributed by atoms with E-state index in [1.165, 1.54) is 16.3 Å². The molecule has 0 unspecified atom stereocenters. The molecule has 2 nitrogen and oxygen atoms in total. The van der Waals surface area contributed by atoms with Crippen molar-refractivity contribution in [3.8, 4) is 18.1 Å². The van der Waals surface area contributed by atoms with Crippen molar-refractivity contribution in [2.24, 2.45) is 0 Å². The van der Waals surface area contributed by atoms with Gasteiger partial charge >= 0.3 is 0 Å². The summed E-state index contributed by atoms with van der Waals surface area (Å²) in [4.78, 5) is 0. The van der Waals surface area contributed by atoms with Gasteiger partial charge in [-0.15, -0.1) is 12.3 Å². The SMILES string of the molecule is C#CCCCOc1ccc2ccccc2c1CNCC. The van der Waals surface area contributed by atoms with Gasteiger partial charge in [0.05, 0.1) is 6.61 Å². The molecule has 0 amide bonds. The summed E-state index contributed by atoms with van der Waals surface area (Å²) in [5.74, 6) is 3.60. The molecule has 2 aromatic carbocycles. The van der Waals surface area contributed by atoms with Crippen LogP contribution >= 0.6 is 0 Å². The van der Waals surface area contributed by atoms with Crippen LogP contribution in [0.1, 0.15) is 25.3 Å². The average molecular weight is 267 g/mol. The minimum atomic E-state index is 0.668. The molecule has 2 rings (SSSR count). The molecule has 0 radical (unpaired) electrons. The Labute approximate surface area is 121 Å². The van der Waals surface area contributed by atoms with Crippen molar-refractivity contribution in [1.29, 1.82) is 0 Å². The molecule has 0 saturated heterocycles. The number of rotatable bonds is 7. The van der Waals surface area contributed by atoms with E-state index < -0.39 is 0 Å². The Bertz CT molecular complexity index is 598. The lowest BCUT2D eigenvalue weighted by atomic mass is 10.0. The number of fused-ring (bicyclic) bond motifs is 1. The zero-order chi connectivity index (χ0) is 14.2. The second-order valence-electron chi connectivity index (χ2n) is 4.70. The highest BCUT2D eigenvalue weighted by Crippen LogP contribution is 2.28. The quantitative estimate of drug-likeness (QED) is 0.609. The molecule has 0 bridgehead atoms. The maximum atomic E-state index is 5.91. The van der Waals surface area contributed by atoms with Gasteiger partial charge in [-0.2, -0.15) is 0 Å². The highest BCUT2D eigenvalue weighted by Gasteiger charge is 2.08. The van der Waals surface area contributed by atoms with E-state index in [0.29, 0.717) is 6.61 Å². The third-order valence-electron chi connectivity index (χ3n) is 3.27. The Balaban J connectivity index is 2.25. The Morgan fingerprint density at radius 2 is 2.05 bits per heavy atom. The van der Waals surface area contributed by atoms with Crippen LogP contribution in [-0.4, -0.2) is 13.2 Å². The van der Waals surface area contributed by atoms with Gasteiger partial charge in [-0.05, 0) is 29.8 Å². The first-order valence-corrected chi connectivity index (χ1v) is 7.14. The van der Waals surface area contributed by atoms with Gasteiger partial charge in [0.25, 0.3) is 0 Å². The number of nitrogens with one attached hydrogen (secondary N) is 1. The number of terminal acetylenes is 1. The minimum Gasteiger partial charge on any atom is -0.493 e. The molecular formula is C18H21NO. The fraction of sp³-hybridized carbons (Fsp3) is 0.333. The summed E-state index contributed by atoms with van der Waals surface area (Å²) in [6.45, 7) is 4.54. The first-order chi connectivity index (χ1) is 9.86. The largest absolute Gasteiger partial charge is 0.493 e. The minimum absolute atomic E-state index is 0.668. The smallest absolute Gasteiger partial charge is 0.124 e. The van der Waals surface area contributed by atoms with E-state index in [0.717, 1.165) is 31.7 Å². The van der Waals surface area contributed by atoms with Crippen LogP contribution in [0.4, 0.5) is 0 Å². The lowest BCUT2D eigenvalue weighted by Gasteiger charge is -2.14. The molecule has 0 atom stereocenters. The monoisotopic (exact) mass is 267 g/mol. The zero-order valence-electron chi connectivity index (χ0n) is 12.0. The van der Waals surface area contributed by atoms with E-state index in [-0.39, 0.29) is 0 Å². The Hall–Kier alpha value is -1.98. The van der Waals surface area contributed by atoms with Gasteiger partial charge in [-0.25, -0.2) is 0 Å². The molecular weight excluding hydrogens is 246 g/mol. The van der Waals surface area contributed by atoms with Crippen molar-refractivity contribution in [2.45, 2.75) is 26.3 Å². The topological polar surface area (TPSA) is 21.3 Å². The number of hydrogen-bond donors (Lipinski definition) is 1. The van der Waals surface area contributed by atoms with Crippen molar-refractivity contribution in [2.75, 3.05) is 13.2 Å². The van der Waals surface area contributed by atoms with Crippen molar-refractivity contribution >= 4 is 10.8 Å². The molecule has 0 aliphatic heterocycles. The highest BCUT2D eigenvalue weighted by atomic mass is 16.5. The van der Waals surface area contributed by atoms with E-state index in [1.807, 2.05) is 0 Å². The van der Waals surface area contributed by atoms with Crippen LogP contribution in [0.15, 0.2) is 36.4 Å². The van der Waals surface area contributed by atoms with Crippen LogP contribution in [0.5, 0.6) is 5.75 Å². The normalized spacial score (nSPS) is 10.4. The maximum absolute atomic E-state index is 5.91. The third-order valence-corrected chi connectivity index (χ3v) is 3.27. The molecule has 0 spiro atoms. The standard InChI is InChI=1S/C18H21NO/c1-3-5-8-13-20-18-12-11-15-9-6-7-10-16(15)17(18)14-19-4-2/h1,6-7,9-12,19H,4-5,8,13-14H2,2H3. The van der Waals surface area contributed by atoms with Crippen LogP contribution in [0.2, 0.25) is 0 Å². The number of benzene rings is 2. The molecule has 2 heteroatoms. The van der Waals surface area contributed by atoms with Crippen LogP contribution < -0.4 is 10.1 Å². The van der Waals surface area contributed by atoms with Crippen LogP contribution in [0.25, 0.3) is 10.8 Å². The van der Waals surface area contributed by atoms with Crippen molar-refractivity contribution in [3.05, 3.63) is 42.0 Å². The lowest BCUT2D eigenvalue weighted by Crippen LogP contribution is -2.13. The molecule has 0 aliphatic carbocycles. The molecule has 0 aliphatic rings. The van der Waals surface area contributed by atoms with E-state index in [2.05, 4.69) is 54.6 Å². The summed E-state index contributed by atoms with van der Waals surface area (Å²) in [6.07, 6.45) is 6.92. The fourth-order valence-corrected chi connectivity index (χ4v) is 2.24. The number of ether oxygens (including phenoxy) is 1. The molecule has 104 valence electrons. The van der Waals surface area contributed by atoms with Crippen molar-refractivity contribution < 1.29 is 4.74 Å². The van der Waals surface area contributed by atoms with Crippen LogP contribution in [-0.2, 0) is 6.54 Å². The zero-order valence-corrected chi connectivity index (χ0v) is 12.0. The predicted molar refractivity (Wildman–Crippen MR) is 84.9 cm³/mol. The summed E-state index contributed by atoms with van der Waals surface area (Å²) in [5, 5.41) is 5.89. The molecule has 20 heavy (non-hydrogen) atoms. The van der Waals surface area contributed by atoms with E-state index >= 15 is 0 Å². The molecule has 0 heterocycles. The molecule has 2 aromatic rings. The summed E-state index contributed by atoms with van der Waals surface area (Å²) in [6, 6.07) is 12.6. The highest BCUT2D eigenvalue weighted by molar-refractivity contribution is 5.87. The van der Waals surface area contributed by atoms with Gasteiger partial charge in [-0.3, -0.25) is 0 Å². The van der Waals surface area contributed by atoms with E-state index in [1.54, 1.807) is 0 Å². The summed E-state index contributed by atoms with van der Waals surface area (Å²) < 4.78 is 5.91. The first kappa shape index (κ1) is 14.4. The van der Waals surface area contributed by atoms with Gasteiger partial charge in [-0.1, -0.05) is 37.3 Å². The molecule has 1 N–H and O–H groups in total. The summed E-state index contributed by atoms with van der Waals surface area (Å²) in [7, 11) is 0. The Morgan fingerprint density at radius 3 is 2.85 bits per heavy atom. The van der Waals surface area contributed by atoms with Gasteiger partial charge < -0.3 is 10.1 Å². The first-order valence-electron chi connectivity index (χ1n) is 7.14. The van der Waals surface area contributed by atoms with Gasteiger partial charge in [0.1, 0.15) is 5.75 Å².